The predicted octanol–water partition coefficient (Wildman–Crippen LogP) is 1.10. The Hall–Kier alpha value is -1.49. The lowest BCUT2D eigenvalue weighted by Crippen LogP contribution is -2.35. The van der Waals surface area contributed by atoms with E-state index in [0.29, 0.717) is 0 Å². The van der Waals surface area contributed by atoms with Crippen LogP contribution >= 0.6 is 0 Å². The fourth-order valence-electron chi connectivity index (χ4n) is 1.77. The molecule has 80 valence electrons. The fourth-order valence-corrected chi connectivity index (χ4v) is 1.77. The minimum Gasteiger partial charge on any atom is -0.319 e. The zero-order valence-electron chi connectivity index (χ0n) is 9.01. The molecule has 0 aliphatic carbocycles. The summed E-state index contributed by atoms with van der Waals surface area (Å²) in [5.74, 6) is 0.793. The molecule has 5 heteroatoms. The molecular formula is C10H15N5. The minimum absolute atomic E-state index is 0.435. The summed E-state index contributed by atoms with van der Waals surface area (Å²) in [7, 11) is 0. The van der Waals surface area contributed by atoms with Crippen LogP contribution in [-0.2, 0) is 5.54 Å². The lowest BCUT2D eigenvalue weighted by atomic mass is 9.97. The molecule has 0 aliphatic heterocycles. The summed E-state index contributed by atoms with van der Waals surface area (Å²) in [4.78, 5) is 3.99. The molecule has 1 unspecified atom stereocenters. The second kappa shape index (κ2) is 3.58. The van der Waals surface area contributed by atoms with E-state index in [1.807, 2.05) is 17.5 Å². The predicted molar refractivity (Wildman–Crippen MR) is 57.2 cm³/mol. The number of fused-ring (bicyclic) bond motifs is 1. The first-order valence-corrected chi connectivity index (χ1v) is 5.09. The molecule has 0 fully saturated rings. The zero-order chi connectivity index (χ0) is 10.9. The third-order valence-corrected chi connectivity index (χ3v) is 2.49. The van der Waals surface area contributed by atoms with Crippen molar-refractivity contribution in [2.24, 2.45) is 5.73 Å². The summed E-state index contributed by atoms with van der Waals surface area (Å²) >= 11 is 0. The van der Waals surface area contributed by atoms with Crippen LogP contribution in [0.15, 0.2) is 18.6 Å². The van der Waals surface area contributed by atoms with E-state index in [4.69, 9.17) is 5.73 Å². The molecule has 0 saturated heterocycles. The smallest absolute Gasteiger partial charge is 0.179 e. The summed E-state index contributed by atoms with van der Waals surface area (Å²) in [6.45, 7) is 4.09. The van der Waals surface area contributed by atoms with Crippen LogP contribution < -0.4 is 5.73 Å². The van der Waals surface area contributed by atoms with E-state index in [1.54, 1.807) is 12.4 Å². The number of nitrogens with zero attached hydrogens (tertiary/aromatic N) is 4. The molecule has 1 atom stereocenters. The van der Waals surface area contributed by atoms with Gasteiger partial charge in [0, 0.05) is 12.4 Å². The molecule has 5 nitrogen and oxygen atoms in total. The van der Waals surface area contributed by atoms with Crippen molar-refractivity contribution in [2.45, 2.75) is 32.2 Å². The maximum Gasteiger partial charge on any atom is 0.179 e. The topological polar surface area (TPSA) is 69.1 Å². The van der Waals surface area contributed by atoms with Crippen LogP contribution in [0, 0.1) is 0 Å². The van der Waals surface area contributed by atoms with Crippen LogP contribution in [-0.4, -0.2) is 19.6 Å². The van der Waals surface area contributed by atoms with Crippen molar-refractivity contribution in [3.05, 3.63) is 24.4 Å². The number of nitrogens with two attached hydrogens (primary N) is 1. The van der Waals surface area contributed by atoms with Crippen LogP contribution in [0.4, 0.5) is 0 Å². The molecule has 0 amide bonds. The van der Waals surface area contributed by atoms with Crippen molar-refractivity contribution in [3.63, 3.8) is 0 Å². The Morgan fingerprint density at radius 2 is 2.27 bits per heavy atom. The Morgan fingerprint density at radius 3 is 3.00 bits per heavy atom. The Balaban J connectivity index is 2.52. The summed E-state index contributed by atoms with van der Waals surface area (Å²) in [5.41, 5.74) is 6.52. The van der Waals surface area contributed by atoms with Crippen LogP contribution in [0.1, 0.15) is 32.5 Å². The van der Waals surface area contributed by atoms with E-state index in [0.717, 1.165) is 24.3 Å². The second-order valence-electron chi connectivity index (χ2n) is 4.00. The Morgan fingerprint density at radius 1 is 1.47 bits per heavy atom. The van der Waals surface area contributed by atoms with Crippen molar-refractivity contribution >= 4 is 5.65 Å². The SMILES string of the molecule is CCCC(C)(N)c1nnc2cnccn12. The van der Waals surface area contributed by atoms with Gasteiger partial charge in [-0.1, -0.05) is 13.3 Å². The number of hydrogen-bond donors (Lipinski definition) is 1. The minimum atomic E-state index is -0.435. The lowest BCUT2D eigenvalue weighted by Gasteiger charge is -2.21. The van der Waals surface area contributed by atoms with E-state index in [-0.39, 0.29) is 0 Å². The summed E-state index contributed by atoms with van der Waals surface area (Å²) in [5, 5.41) is 8.17. The third kappa shape index (κ3) is 1.70. The van der Waals surface area contributed by atoms with Crippen LogP contribution in [0.3, 0.4) is 0 Å². The zero-order valence-corrected chi connectivity index (χ0v) is 9.01. The molecule has 0 aromatic carbocycles. The summed E-state index contributed by atoms with van der Waals surface area (Å²) in [6, 6.07) is 0. The Bertz CT molecular complexity index is 460. The Labute approximate surface area is 88.3 Å². The van der Waals surface area contributed by atoms with E-state index >= 15 is 0 Å². The van der Waals surface area contributed by atoms with E-state index < -0.39 is 5.54 Å². The molecule has 2 rings (SSSR count). The van der Waals surface area contributed by atoms with Crippen molar-refractivity contribution in [2.75, 3.05) is 0 Å². The van der Waals surface area contributed by atoms with Crippen LogP contribution in [0.25, 0.3) is 5.65 Å². The largest absolute Gasteiger partial charge is 0.319 e. The standard InChI is InChI=1S/C10H15N5/c1-3-4-10(2,11)9-14-13-8-7-12-5-6-15(8)9/h5-7H,3-4,11H2,1-2H3. The first-order chi connectivity index (χ1) is 7.15. The van der Waals surface area contributed by atoms with Gasteiger partial charge in [-0.3, -0.25) is 9.38 Å². The highest BCUT2D eigenvalue weighted by Gasteiger charge is 2.25. The second-order valence-corrected chi connectivity index (χ2v) is 4.00. The first kappa shape index (κ1) is 10.0. The molecule has 2 N–H and O–H groups in total. The van der Waals surface area contributed by atoms with E-state index in [9.17, 15) is 0 Å². The van der Waals surface area contributed by atoms with Gasteiger partial charge in [-0.05, 0) is 13.3 Å². The first-order valence-electron chi connectivity index (χ1n) is 5.09. The molecule has 0 saturated carbocycles. The van der Waals surface area contributed by atoms with Crippen molar-refractivity contribution < 1.29 is 0 Å². The van der Waals surface area contributed by atoms with Gasteiger partial charge in [0.15, 0.2) is 11.5 Å². The molecule has 0 radical (unpaired) electrons. The highest BCUT2D eigenvalue weighted by atomic mass is 15.3. The molecule has 0 spiro atoms. The van der Waals surface area contributed by atoms with Gasteiger partial charge < -0.3 is 5.73 Å². The van der Waals surface area contributed by atoms with Gasteiger partial charge in [0.2, 0.25) is 0 Å². The number of rotatable bonds is 3. The molecule has 2 aromatic rings. The molecule has 0 bridgehead atoms. The highest BCUT2D eigenvalue weighted by Crippen LogP contribution is 2.21. The summed E-state index contributed by atoms with van der Waals surface area (Å²) < 4.78 is 1.89. The van der Waals surface area contributed by atoms with Crippen molar-refractivity contribution in [3.8, 4) is 0 Å². The molecule has 2 aromatic heterocycles. The molecular weight excluding hydrogens is 190 g/mol. The normalized spacial score (nSPS) is 15.4. The van der Waals surface area contributed by atoms with Gasteiger partial charge in [0.25, 0.3) is 0 Å². The maximum absolute atomic E-state index is 6.22. The van der Waals surface area contributed by atoms with Crippen molar-refractivity contribution in [1.29, 1.82) is 0 Å². The third-order valence-electron chi connectivity index (χ3n) is 2.49. The van der Waals surface area contributed by atoms with Gasteiger partial charge in [0.1, 0.15) is 0 Å². The summed E-state index contributed by atoms with van der Waals surface area (Å²) in [6.07, 6.45) is 7.13. The van der Waals surface area contributed by atoms with Crippen molar-refractivity contribution in [1.82, 2.24) is 19.6 Å². The average molecular weight is 205 g/mol. The molecule has 2 heterocycles. The molecule has 0 aliphatic rings. The van der Waals surface area contributed by atoms with Gasteiger partial charge in [-0.2, -0.15) is 0 Å². The number of hydrogen-bond acceptors (Lipinski definition) is 4. The monoisotopic (exact) mass is 205 g/mol. The average Bonchev–Trinajstić information content (AvgIpc) is 2.61. The van der Waals surface area contributed by atoms with Gasteiger partial charge in [0.05, 0.1) is 11.7 Å². The van der Waals surface area contributed by atoms with Gasteiger partial charge >= 0.3 is 0 Å². The lowest BCUT2D eigenvalue weighted by molar-refractivity contribution is 0.416. The highest BCUT2D eigenvalue weighted by molar-refractivity contribution is 5.35. The van der Waals surface area contributed by atoms with Gasteiger partial charge in [-0.25, -0.2) is 0 Å². The fraction of sp³-hybridized carbons (Fsp3) is 0.500. The Kier molecular flexibility index (Phi) is 2.40. The molecule has 15 heavy (non-hydrogen) atoms. The van der Waals surface area contributed by atoms with Crippen LogP contribution in [0.2, 0.25) is 0 Å². The van der Waals surface area contributed by atoms with Crippen LogP contribution in [0.5, 0.6) is 0 Å². The maximum atomic E-state index is 6.22. The van der Waals surface area contributed by atoms with E-state index in [1.165, 1.54) is 0 Å². The number of aromatic nitrogens is 4. The van der Waals surface area contributed by atoms with E-state index in [2.05, 4.69) is 22.1 Å². The van der Waals surface area contributed by atoms with Gasteiger partial charge in [-0.15, -0.1) is 10.2 Å². The quantitative estimate of drug-likeness (QED) is 0.814.